The van der Waals surface area contributed by atoms with Gasteiger partial charge in [-0.25, -0.2) is 9.59 Å². The van der Waals surface area contributed by atoms with Crippen molar-refractivity contribution in [1.29, 1.82) is 0 Å². The largest absolute Gasteiger partial charge is 0.457 e. The molecule has 4 aromatic rings. The van der Waals surface area contributed by atoms with Crippen LogP contribution in [-0.2, 0) is 44.7 Å². The lowest BCUT2D eigenvalue weighted by atomic mass is 9.87. The highest BCUT2D eigenvalue weighted by Gasteiger charge is 2.40. The number of esters is 2. The summed E-state index contributed by atoms with van der Waals surface area (Å²) in [6.45, 7) is 23.9. The molecule has 0 bridgehead atoms. The Balaban J connectivity index is 0. The summed E-state index contributed by atoms with van der Waals surface area (Å²) in [5, 5.41) is 0. The quantitative estimate of drug-likeness (QED) is 0.0618. The first-order chi connectivity index (χ1) is 28.3. The molecule has 2 aliphatic heterocycles. The number of carbonyl (C=O) groups excluding carboxylic acids is 2. The smallest absolute Gasteiger partial charge is 0.331 e. The average molecular weight is 825 g/mol. The molecule has 0 saturated heterocycles. The van der Waals surface area contributed by atoms with Crippen molar-refractivity contribution in [3.63, 3.8) is 0 Å². The maximum Gasteiger partial charge on any atom is 0.331 e. The van der Waals surface area contributed by atoms with Crippen LogP contribution >= 0.6 is 0 Å². The molecule has 6 heteroatoms. The zero-order valence-electron chi connectivity index (χ0n) is 40.3. The van der Waals surface area contributed by atoms with Gasteiger partial charge in [-0.2, -0.15) is 0 Å². The third kappa shape index (κ3) is 17.2. The van der Waals surface area contributed by atoms with E-state index in [2.05, 4.69) is 111 Å². The van der Waals surface area contributed by atoms with Gasteiger partial charge in [0.1, 0.15) is 38.4 Å². The summed E-state index contributed by atoms with van der Waals surface area (Å²) in [6, 6.07) is 39.1. The minimum absolute atomic E-state index is 0. The maximum absolute atomic E-state index is 12.6. The summed E-state index contributed by atoms with van der Waals surface area (Å²) in [4.78, 5) is 25.3. The SMILES string of the molecule is CC.CC.CC.CC.CC.C[N@@+]1(CCOC(=O)C=CC(=O)OCC[N@+]2(C)CCc3ccccc3[C@H]2Cc2ccccc2)CCc2ccccc2C1Cc1ccccc1.[CH3-].[CH3-]. The fraction of sp³-hybridized carbons (Fsp3) is 0.444. The van der Waals surface area contributed by atoms with Crippen LogP contribution in [0, 0.1) is 14.9 Å². The molecule has 2 aliphatic rings. The van der Waals surface area contributed by atoms with E-state index in [1.807, 2.05) is 81.4 Å². The van der Waals surface area contributed by atoms with Gasteiger partial charge in [0.2, 0.25) is 0 Å². The van der Waals surface area contributed by atoms with Crippen molar-refractivity contribution in [1.82, 2.24) is 0 Å². The summed E-state index contributed by atoms with van der Waals surface area (Å²) >= 11 is 0. The molecule has 6 rings (SSSR count). The number of ether oxygens (including phenoxy) is 2. The minimum Gasteiger partial charge on any atom is -0.457 e. The summed E-state index contributed by atoms with van der Waals surface area (Å²) in [7, 11) is 4.53. The summed E-state index contributed by atoms with van der Waals surface area (Å²) in [5.74, 6) is -1.05. The molecular formula is C54H84N2O4. The molecule has 0 N–H and O–H groups in total. The third-order valence-corrected chi connectivity index (χ3v) is 10.7. The summed E-state index contributed by atoms with van der Waals surface area (Å²) in [6.07, 6.45) is 6.22. The van der Waals surface area contributed by atoms with E-state index >= 15 is 0 Å². The molecule has 4 atom stereocenters. The number of quaternary nitrogens is 2. The molecule has 2 heterocycles. The Hall–Kier alpha value is -4.52. The van der Waals surface area contributed by atoms with Crippen LogP contribution in [0.15, 0.2) is 121 Å². The number of likely N-dealkylation sites (N-methyl/N-ethyl adjacent to an activating group) is 2. The van der Waals surface area contributed by atoms with Crippen molar-refractivity contribution in [2.24, 2.45) is 0 Å². The van der Waals surface area contributed by atoms with Gasteiger partial charge < -0.3 is 33.3 Å². The van der Waals surface area contributed by atoms with Crippen LogP contribution in [0.5, 0.6) is 0 Å². The Morgan fingerprint density at radius 3 is 1.13 bits per heavy atom. The lowest BCUT2D eigenvalue weighted by molar-refractivity contribution is -0.941. The molecule has 6 nitrogen and oxygen atoms in total. The first kappa shape index (κ1) is 57.6. The molecule has 60 heavy (non-hydrogen) atoms. The van der Waals surface area contributed by atoms with Gasteiger partial charge in [-0.1, -0.05) is 178 Å². The van der Waals surface area contributed by atoms with Crippen molar-refractivity contribution in [3.8, 4) is 0 Å². The topological polar surface area (TPSA) is 52.6 Å². The highest BCUT2D eigenvalue weighted by molar-refractivity contribution is 5.91. The minimum atomic E-state index is -0.523. The zero-order chi connectivity index (χ0) is 43.4. The second-order valence-corrected chi connectivity index (χ2v) is 13.8. The maximum atomic E-state index is 12.6. The molecule has 0 spiro atoms. The lowest BCUT2D eigenvalue weighted by Crippen LogP contribution is -2.53. The summed E-state index contributed by atoms with van der Waals surface area (Å²) < 4.78 is 12.8. The monoisotopic (exact) mass is 825 g/mol. The van der Waals surface area contributed by atoms with E-state index in [1.54, 1.807) is 0 Å². The van der Waals surface area contributed by atoms with Crippen molar-refractivity contribution in [2.75, 3.05) is 53.5 Å². The lowest BCUT2D eigenvalue weighted by Gasteiger charge is -2.45. The van der Waals surface area contributed by atoms with E-state index in [4.69, 9.17) is 9.47 Å². The van der Waals surface area contributed by atoms with Gasteiger partial charge in [0, 0.05) is 49.0 Å². The van der Waals surface area contributed by atoms with Crippen LogP contribution in [0.4, 0.5) is 0 Å². The molecule has 0 aromatic heterocycles. The van der Waals surface area contributed by atoms with Crippen LogP contribution in [0.1, 0.15) is 115 Å². The van der Waals surface area contributed by atoms with Gasteiger partial charge in [-0.15, -0.1) is 0 Å². The van der Waals surface area contributed by atoms with Crippen molar-refractivity contribution < 1.29 is 28.0 Å². The van der Waals surface area contributed by atoms with Crippen molar-refractivity contribution in [3.05, 3.63) is 170 Å². The van der Waals surface area contributed by atoms with Gasteiger partial charge in [-0.05, 0) is 22.3 Å². The van der Waals surface area contributed by atoms with Crippen molar-refractivity contribution >= 4 is 11.9 Å². The molecule has 0 fully saturated rings. The average Bonchev–Trinajstić information content (AvgIpc) is 3.29. The van der Waals surface area contributed by atoms with Crippen LogP contribution in [0.25, 0.3) is 0 Å². The number of rotatable bonds is 12. The van der Waals surface area contributed by atoms with Gasteiger partial charge in [0.05, 0.1) is 27.2 Å². The van der Waals surface area contributed by atoms with Gasteiger partial charge in [-0.3, -0.25) is 0 Å². The fourth-order valence-electron chi connectivity index (χ4n) is 7.72. The first-order valence-corrected chi connectivity index (χ1v) is 22.3. The van der Waals surface area contributed by atoms with Gasteiger partial charge in [0.25, 0.3) is 0 Å². The standard InChI is InChI=1S/C42H48N2O4.5C2H6.2CH3/c1-43(25-23-35-17-9-11-19-37(35)39(43)31-33-13-5-3-6-14-33)27-29-47-41(45)21-22-42(46)48-30-28-44(2)26-24-36-18-10-12-20-38(36)40(44)32-34-15-7-4-8-16-34;5*1-2;;/h3-22,39-40H,23-32H2,1-2H3;5*1-2H3;2*1H3/q+2;;;;;;2*-1/t39-,40?,43+,44+;;;;;;;/m1......./s1. The Kier molecular flexibility index (Phi) is 31.0. The van der Waals surface area contributed by atoms with E-state index in [0.717, 1.165) is 47.7 Å². The normalized spacial score (nSPS) is 19.1. The second kappa shape index (κ2) is 32.3. The molecule has 0 radical (unpaired) electrons. The van der Waals surface area contributed by atoms with E-state index in [1.165, 1.54) is 45.5 Å². The Bertz CT molecular complexity index is 1600. The van der Waals surface area contributed by atoms with Crippen LogP contribution in [0.3, 0.4) is 0 Å². The Morgan fingerprint density at radius 1 is 0.500 bits per heavy atom. The first-order valence-electron chi connectivity index (χ1n) is 22.3. The Morgan fingerprint density at radius 2 is 0.800 bits per heavy atom. The van der Waals surface area contributed by atoms with E-state index in [9.17, 15) is 9.59 Å². The predicted molar refractivity (Wildman–Crippen MR) is 259 cm³/mol. The predicted octanol–water partition coefficient (Wildman–Crippen LogP) is 12.6. The van der Waals surface area contributed by atoms with E-state index in [0.29, 0.717) is 13.1 Å². The van der Waals surface area contributed by atoms with Crippen LogP contribution < -0.4 is 0 Å². The number of carbonyl (C=O) groups is 2. The summed E-state index contributed by atoms with van der Waals surface area (Å²) in [5.41, 5.74) is 8.16. The number of hydrogen-bond donors (Lipinski definition) is 0. The number of nitrogens with zero attached hydrogens (tertiary/aromatic N) is 2. The molecule has 0 amide bonds. The molecule has 0 saturated carbocycles. The zero-order valence-corrected chi connectivity index (χ0v) is 40.3. The molecule has 0 aliphatic carbocycles. The fourth-order valence-corrected chi connectivity index (χ4v) is 7.72. The highest BCUT2D eigenvalue weighted by atomic mass is 16.5. The van der Waals surface area contributed by atoms with Gasteiger partial charge in [0.15, 0.2) is 0 Å². The van der Waals surface area contributed by atoms with Gasteiger partial charge >= 0.3 is 11.9 Å². The number of benzene rings is 4. The molecule has 334 valence electrons. The van der Waals surface area contributed by atoms with Crippen LogP contribution in [-0.4, -0.2) is 74.4 Å². The number of fused-ring (bicyclic) bond motifs is 2. The molecule has 4 aromatic carbocycles. The Labute approximate surface area is 368 Å². The third-order valence-electron chi connectivity index (χ3n) is 10.7. The van der Waals surface area contributed by atoms with E-state index < -0.39 is 11.9 Å². The van der Waals surface area contributed by atoms with Crippen molar-refractivity contribution in [2.45, 2.75) is 107 Å². The van der Waals surface area contributed by atoms with Crippen LogP contribution in [0.2, 0.25) is 0 Å². The second-order valence-electron chi connectivity index (χ2n) is 13.8. The molecule has 1 unspecified atom stereocenters. The molecular weight excluding hydrogens is 741 g/mol. The van der Waals surface area contributed by atoms with E-state index in [-0.39, 0.29) is 40.2 Å². The number of hydrogen-bond acceptors (Lipinski definition) is 4. The highest BCUT2D eigenvalue weighted by Crippen LogP contribution is 2.38.